The first-order chi connectivity index (χ1) is 9.12. The average Bonchev–Trinajstić information content (AvgIpc) is 3.12. The lowest BCUT2D eigenvalue weighted by molar-refractivity contribution is -0.134. The molecule has 2 aliphatic rings. The van der Waals surface area contributed by atoms with Gasteiger partial charge in [0.05, 0.1) is 4.75 Å². The highest BCUT2D eigenvalue weighted by Crippen LogP contribution is 2.34. The van der Waals surface area contributed by atoms with Crippen molar-refractivity contribution < 1.29 is 18.0 Å². The first-order valence-corrected chi connectivity index (χ1v) is 8.79. The van der Waals surface area contributed by atoms with Crippen LogP contribution in [0.5, 0.6) is 0 Å². The summed E-state index contributed by atoms with van der Waals surface area (Å²) in [6.07, 6.45) is 3.30. The molecule has 1 N–H and O–H groups in total. The molecule has 1 saturated carbocycles. The summed E-state index contributed by atoms with van der Waals surface area (Å²) in [5.74, 6) is -0.0571. The molecule has 0 aromatic heterocycles. The predicted octanol–water partition coefficient (Wildman–Crippen LogP) is -0.0633. The van der Waals surface area contributed by atoms with E-state index < -0.39 is 20.6 Å². The number of rotatable bonds is 4. The summed E-state index contributed by atoms with van der Waals surface area (Å²) in [4.78, 5) is 25.7. The van der Waals surface area contributed by atoms with Crippen molar-refractivity contribution in [1.29, 1.82) is 0 Å². The third kappa shape index (κ3) is 3.13. The van der Waals surface area contributed by atoms with Crippen LogP contribution in [0.2, 0.25) is 0 Å². The molecule has 114 valence electrons. The first kappa shape index (κ1) is 15.3. The second-order valence-electron chi connectivity index (χ2n) is 6.42. The van der Waals surface area contributed by atoms with Gasteiger partial charge in [0, 0.05) is 25.8 Å². The molecule has 1 unspecified atom stereocenters. The maximum absolute atomic E-state index is 12.5. The lowest BCUT2D eigenvalue weighted by Crippen LogP contribution is -2.51. The Kier molecular flexibility index (Phi) is 3.83. The van der Waals surface area contributed by atoms with Gasteiger partial charge in [0.1, 0.15) is 6.04 Å². The highest BCUT2D eigenvalue weighted by molar-refractivity contribution is 7.92. The minimum absolute atomic E-state index is 0.128. The fourth-order valence-corrected chi connectivity index (χ4v) is 2.72. The van der Waals surface area contributed by atoms with Gasteiger partial charge in [0.25, 0.3) is 0 Å². The summed E-state index contributed by atoms with van der Waals surface area (Å²) in [7, 11) is -3.27. The van der Waals surface area contributed by atoms with Gasteiger partial charge in [-0.3, -0.25) is 9.59 Å². The molecule has 1 saturated heterocycles. The summed E-state index contributed by atoms with van der Waals surface area (Å²) < 4.78 is 22.6. The lowest BCUT2D eigenvalue weighted by Gasteiger charge is -2.32. The third-order valence-electron chi connectivity index (χ3n) is 4.17. The van der Waals surface area contributed by atoms with E-state index in [-0.39, 0.29) is 37.2 Å². The highest BCUT2D eigenvalue weighted by atomic mass is 32.2. The number of hydrogen-bond acceptors (Lipinski definition) is 4. The second-order valence-corrected chi connectivity index (χ2v) is 9.07. The Balaban J connectivity index is 2.17. The molecule has 2 rings (SSSR count). The standard InChI is InChI=1S/C13H22N2O4S/c1-13(2,20(3,18)19)8-15-7-6-10(16)14-11(12(15)17)9-4-5-9/h9,11H,4-8H2,1-3H3,(H,14,16). The number of nitrogens with one attached hydrogen (secondary N) is 1. The normalized spacial score (nSPS) is 25.4. The van der Waals surface area contributed by atoms with Gasteiger partial charge >= 0.3 is 0 Å². The van der Waals surface area contributed by atoms with E-state index in [9.17, 15) is 18.0 Å². The summed E-state index contributed by atoms with van der Waals surface area (Å²) in [6, 6.07) is -0.472. The van der Waals surface area contributed by atoms with Crippen LogP contribution in [0.3, 0.4) is 0 Å². The molecule has 1 atom stereocenters. The summed E-state index contributed by atoms with van der Waals surface area (Å²) in [6.45, 7) is 3.64. The van der Waals surface area contributed by atoms with Crippen LogP contribution in [0.4, 0.5) is 0 Å². The van der Waals surface area contributed by atoms with E-state index in [0.717, 1.165) is 12.8 Å². The van der Waals surface area contributed by atoms with Crippen LogP contribution in [0.1, 0.15) is 33.1 Å². The Labute approximate surface area is 119 Å². The quantitative estimate of drug-likeness (QED) is 0.788. The van der Waals surface area contributed by atoms with Gasteiger partial charge in [0.15, 0.2) is 9.84 Å². The van der Waals surface area contributed by atoms with E-state index in [1.165, 1.54) is 11.2 Å². The third-order valence-corrected chi connectivity index (χ3v) is 6.31. The summed E-state index contributed by atoms with van der Waals surface area (Å²) in [5.41, 5.74) is 0. The highest BCUT2D eigenvalue weighted by Gasteiger charge is 2.43. The van der Waals surface area contributed by atoms with Crippen molar-refractivity contribution in [2.24, 2.45) is 5.92 Å². The molecule has 1 aliphatic carbocycles. The van der Waals surface area contributed by atoms with Crippen molar-refractivity contribution in [3.8, 4) is 0 Å². The van der Waals surface area contributed by atoms with E-state index in [1.54, 1.807) is 13.8 Å². The Morgan fingerprint density at radius 2 is 1.90 bits per heavy atom. The fourth-order valence-electron chi connectivity index (χ4n) is 2.33. The van der Waals surface area contributed by atoms with Gasteiger partial charge < -0.3 is 10.2 Å². The molecule has 1 heterocycles. The Hall–Kier alpha value is -1.11. The molecule has 7 heteroatoms. The zero-order chi connectivity index (χ0) is 15.1. The molecule has 0 aromatic rings. The average molecular weight is 302 g/mol. The molecule has 6 nitrogen and oxygen atoms in total. The molecule has 2 amide bonds. The van der Waals surface area contributed by atoms with Gasteiger partial charge in [0.2, 0.25) is 11.8 Å². The molecule has 0 spiro atoms. The van der Waals surface area contributed by atoms with Gasteiger partial charge in [-0.05, 0) is 32.6 Å². The van der Waals surface area contributed by atoms with Gasteiger partial charge in [-0.15, -0.1) is 0 Å². The zero-order valence-electron chi connectivity index (χ0n) is 12.2. The van der Waals surface area contributed by atoms with Crippen molar-refractivity contribution >= 4 is 21.7 Å². The first-order valence-electron chi connectivity index (χ1n) is 6.89. The molecule has 20 heavy (non-hydrogen) atoms. The number of sulfone groups is 1. The number of amides is 2. The molecule has 2 fully saturated rings. The predicted molar refractivity (Wildman–Crippen MR) is 74.8 cm³/mol. The van der Waals surface area contributed by atoms with Crippen molar-refractivity contribution in [3.05, 3.63) is 0 Å². The van der Waals surface area contributed by atoms with E-state index in [4.69, 9.17) is 0 Å². The SMILES string of the molecule is CC(C)(CN1CCC(=O)NC(C2CC2)C1=O)S(C)(=O)=O. The topological polar surface area (TPSA) is 83.6 Å². The molecular formula is C13H22N2O4S. The van der Waals surface area contributed by atoms with Gasteiger partial charge in [-0.1, -0.05) is 0 Å². The summed E-state index contributed by atoms with van der Waals surface area (Å²) >= 11 is 0. The van der Waals surface area contributed by atoms with E-state index in [1.807, 2.05) is 0 Å². The van der Waals surface area contributed by atoms with Crippen LogP contribution < -0.4 is 5.32 Å². The van der Waals surface area contributed by atoms with Gasteiger partial charge in [-0.2, -0.15) is 0 Å². The number of hydrogen-bond donors (Lipinski definition) is 1. The van der Waals surface area contributed by atoms with Crippen molar-refractivity contribution in [1.82, 2.24) is 10.2 Å². The Bertz CT molecular complexity index is 522. The zero-order valence-corrected chi connectivity index (χ0v) is 13.0. The summed E-state index contributed by atoms with van der Waals surface area (Å²) in [5, 5.41) is 2.77. The second kappa shape index (κ2) is 5.02. The van der Waals surface area contributed by atoms with Crippen molar-refractivity contribution in [2.45, 2.75) is 43.9 Å². The fraction of sp³-hybridized carbons (Fsp3) is 0.846. The van der Waals surface area contributed by atoms with E-state index >= 15 is 0 Å². The number of carbonyl (C=O) groups excluding carboxylic acids is 2. The molecular weight excluding hydrogens is 280 g/mol. The van der Waals surface area contributed by atoms with Gasteiger partial charge in [-0.25, -0.2) is 8.42 Å². The molecule has 0 radical (unpaired) electrons. The monoisotopic (exact) mass is 302 g/mol. The van der Waals surface area contributed by atoms with Crippen molar-refractivity contribution in [3.63, 3.8) is 0 Å². The van der Waals surface area contributed by atoms with Crippen LogP contribution in [-0.2, 0) is 19.4 Å². The van der Waals surface area contributed by atoms with Crippen LogP contribution >= 0.6 is 0 Å². The Morgan fingerprint density at radius 3 is 2.40 bits per heavy atom. The molecule has 0 bridgehead atoms. The lowest BCUT2D eigenvalue weighted by atomic mass is 10.1. The Morgan fingerprint density at radius 1 is 1.30 bits per heavy atom. The minimum atomic E-state index is -3.27. The maximum atomic E-state index is 12.5. The molecule has 1 aliphatic heterocycles. The van der Waals surface area contributed by atoms with E-state index in [2.05, 4.69) is 5.32 Å². The number of nitrogens with zero attached hydrogens (tertiary/aromatic N) is 1. The maximum Gasteiger partial charge on any atom is 0.245 e. The van der Waals surface area contributed by atoms with Crippen LogP contribution in [0.25, 0.3) is 0 Å². The smallest absolute Gasteiger partial charge is 0.245 e. The number of carbonyl (C=O) groups is 2. The molecule has 0 aromatic carbocycles. The minimum Gasteiger partial charge on any atom is -0.344 e. The van der Waals surface area contributed by atoms with Crippen molar-refractivity contribution in [2.75, 3.05) is 19.3 Å². The van der Waals surface area contributed by atoms with Crippen LogP contribution in [0.15, 0.2) is 0 Å². The van der Waals surface area contributed by atoms with E-state index in [0.29, 0.717) is 0 Å². The van der Waals surface area contributed by atoms with Crippen LogP contribution in [-0.4, -0.2) is 55.3 Å². The largest absolute Gasteiger partial charge is 0.344 e. The van der Waals surface area contributed by atoms with Crippen LogP contribution in [0, 0.1) is 5.92 Å².